The van der Waals surface area contributed by atoms with Gasteiger partial charge in [0.05, 0.1) is 6.61 Å². The van der Waals surface area contributed by atoms with Crippen molar-refractivity contribution in [3.05, 3.63) is 40.8 Å². The molecule has 34 heavy (non-hydrogen) atoms. The lowest BCUT2D eigenvalue weighted by atomic mass is 9.86. The summed E-state index contributed by atoms with van der Waals surface area (Å²) in [5.41, 5.74) is 2.90. The van der Waals surface area contributed by atoms with Crippen LogP contribution in [0.3, 0.4) is 0 Å². The van der Waals surface area contributed by atoms with Crippen LogP contribution < -0.4 is 4.72 Å². The Bertz CT molecular complexity index is 937. The molecule has 0 aliphatic heterocycles. The van der Waals surface area contributed by atoms with Gasteiger partial charge in [0.1, 0.15) is 5.00 Å². The Hall–Kier alpha value is -1.74. The number of nitrogens with zero attached hydrogens (tertiary/aromatic N) is 1. The van der Waals surface area contributed by atoms with Crippen LogP contribution in [0.25, 0.3) is 11.1 Å². The molecule has 1 atom stereocenters. The number of ether oxygens (including phenoxy) is 1. The number of methoxy groups -OCH3 is 1. The van der Waals surface area contributed by atoms with Crippen molar-refractivity contribution in [3.8, 4) is 11.1 Å². The Morgan fingerprint density at radius 3 is 2.56 bits per heavy atom. The van der Waals surface area contributed by atoms with Gasteiger partial charge in [-0.05, 0) is 48.3 Å². The summed E-state index contributed by atoms with van der Waals surface area (Å²) < 4.78 is 30.4. The van der Waals surface area contributed by atoms with Gasteiger partial charge in [0.25, 0.3) is 0 Å². The maximum atomic E-state index is 13.1. The lowest BCUT2D eigenvalue weighted by Crippen LogP contribution is -2.34. The van der Waals surface area contributed by atoms with Crippen molar-refractivity contribution in [1.82, 2.24) is 4.90 Å². The smallest absolute Gasteiger partial charge is 0.223 e. The third-order valence-corrected chi connectivity index (χ3v) is 7.89. The van der Waals surface area contributed by atoms with Crippen molar-refractivity contribution in [2.45, 2.75) is 65.3 Å². The van der Waals surface area contributed by atoms with Crippen LogP contribution in [-0.2, 0) is 33.8 Å². The molecule has 6 nitrogen and oxygen atoms in total. The number of hydrogen-bond donors (Lipinski definition) is 1. The predicted octanol–water partition coefficient (Wildman–Crippen LogP) is 5.77. The monoisotopic (exact) mass is 505 g/mol. The van der Waals surface area contributed by atoms with Gasteiger partial charge in [-0.3, -0.25) is 9.00 Å². The second-order valence-corrected chi connectivity index (χ2v) is 11.4. The molecule has 0 bridgehead atoms. The zero-order valence-electron chi connectivity index (χ0n) is 20.5. The van der Waals surface area contributed by atoms with Crippen LogP contribution in [0.15, 0.2) is 30.3 Å². The molecular formula is C26H37N2O4S2-. The van der Waals surface area contributed by atoms with E-state index in [1.807, 2.05) is 29.2 Å². The van der Waals surface area contributed by atoms with E-state index in [9.17, 15) is 13.6 Å². The topological polar surface area (TPSA) is 81.7 Å². The van der Waals surface area contributed by atoms with Gasteiger partial charge in [0.2, 0.25) is 5.91 Å². The van der Waals surface area contributed by atoms with E-state index in [0.717, 1.165) is 40.8 Å². The van der Waals surface area contributed by atoms with Gasteiger partial charge in [-0.1, -0.05) is 57.4 Å². The summed E-state index contributed by atoms with van der Waals surface area (Å²) in [6.45, 7) is 5.95. The zero-order chi connectivity index (χ0) is 24.5. The van der Waals surface area contributed by atoms with Crippen LogP contribution in [0.1, 0.15) is 62.8 Å². The molecule has 1 fully saturated rings. The molecule has 1 aromatic carbocycles. The molecule has 8 heteroatoms. The van der Waals surface area contributed by atoms with Gasteiger partial charge in [0.15, 0.2) is 0 Å². The fraction of sp³-hybridized carbons (Fsp3) is 0.577. The van der Waals surface area contributed by atoms with E-state index in [1.54, 1.807) is 7.11 Å². The van der Waals surface area contributed by atoms with Crippen LogP contribution in [0.4, 0.5) is 5.00 Å². The van der Waals surface area contributed by atoms with Gasteiger partial charge in [0, 0.05) is 48.3 Å². The highest BCUT2D eigenvalue weighted by atomic mass is 32.2. The molecule has 3 rings (SSSR count). The van der Waals surface area contributed by atoms with E-state index in [4.69, 9.17) is 4.74 Å². The molecule has 1 aromatic heterocycles. The second kappa shape index (κ2) is 13.4. The Labute approximate surface area is 210 Å². The molecule has 0 spiro atoms. The number of benzene rings is 1. The van der Waals surface area contributed by atoms with Gasteiger partial charge >= 0.3 is 0 Å². The van der Waals surface area contributed by atoms with Crippen LogP contribution in [0.5, 0.6) is 0 Å². The van der Waals surface area contributed by atoms with Crippen molar-refractivity contribution in [1.29, 1.82) is 0 Å². The molecule has 0 saturated heterocycles. The summed E-state index contributed by atoms with van der Waals surface area (Å²) >= 11 is -0.886. The third-order valence-electron chi connectivity index (χ3n) is 6.31. The fourth-order valence-electron chi connectivity index (χ4n) is 4.58. The Morgan fingerprint density at radius 1 is 1.24 bits per heavy atom. The van der Waals surface area contributed by atoms with Crippen LogP contribution >= 0.6 is 11.3 Å². The van der Waals surface area contributed by atoms with Crippen molar-refractivity contribution in [2.24, 2.45) is 11.8 Å². The SMILES string of the molecule is COCCN(Cc1ccc(-c2cc(CC(C)C)sc2NS(=O)[O-])cc1)C(=O)CC1CCCCC1. The number of anilines is 1. The molecule has 1 aliphatic carbocycles. The molecule has 1 unspecified atom stereocenters. The minimum atomic E-state index is -2.37. The van der Waals surface area contributed by atoms with Crippen molar-refractivity contribution >= 4 is 33.5 Å². The minimum absolute atomic E-state index is 0.202. The number of carbonyl (C=O) groups is 1. The number of carbonyl (C=O) groups excluding carboxylic acids is 1. The highest BCUT2D eigenvalue weighted by Crippen LogP contribution is 2.38. The highest BCUT2D eigenvalue weighted by Gasteiger charge is 2.21. The molecule has 1 N–H and O–H groups in total. The summed E-state index contributed by atoms with van der Waals surface area (Å²) in [5.74, 6) is 1.20. The van der Waals surface area contributed by atoms with Crippen molar-refractivity contribution in [2.75, 3.05) is 25.0 Å². The van der Waals surface area contributed by atoms with E-state index in [0.29, 0.717) is 43.0 Å². The van der Waals surface area contributed by atoms with E-state index in [2.05, 4.69) is 24.6 Å². The first-order valence-corrected chi connectivity index (χ1v) is 14.1. The third kappa shape index (κ3) is 8.18. The van der Waals surface area contributed by atoms with Gasteiger partial charge in [-0.15, -0.1) is 11.3 Å². The molecular weight excluding hydrogens is 468 g/mol. The second-order valence-electron chi connectivity index (χ2n) is 9.60. The maximum absolute atomic E-state index is 13.1. The van der Waals surface area contributed by atoms with E-state index >= 15 is 0 Å². The van der Waals surface area contributed by atoms with Crippen LogP contribution in [-0.4, -0.2) is 39.8 Å². The van der Waals surface area contributed by atoms with Crippen LogP contribution in [0, 0.1) is 11.8 Å². The lowest BCUT2D eigenvalue weighted by Gasteiger charge is -2.27. The number of amides is 1. The average Bonchev–Trinajstić information content (AvgIpc) is 3.18. The average molecular weight is 506 g/mol. The Morgan fingerprint density at radius 2 is 1.94 bits per heavy atom. The maximum Gasteiger partial charge on any atom is 0.223 e. The standard InChI is InChI=1S/C26H38N2O4S2/c1-19(2)15-23-17-24(26(33-23)27-34(30)31)22-11-9-21(10-12-22)18-28(13-14-32-3)25(29)16-20-7-5-4-6-8-20/h9-12,17,19-20,27H,4-8,13-16,18H2,1-3H3,(H,30,31)/p-1. The molecule has 0 radical (unpaired) electrons. The van der Waals surface area contributed by atoms with Crippen molar-refractivity contribution < 1.29 is 18.3 Å². The number of nitrogens with one attached hydrogen (secondary N) is 1. The normalized spacial score (nSPS) is 15.4. The summed E-state index contributed by atoms with van der Waals surface area (Å²) in [6, 6.07) is 10.2. The summed E-state index contributed by atoms with van der Waals surface area (Å²) in [5, 5.41) is 0.640. The first-order chi connectivity index (χ1) is 16.4. The Kier molecular flexibility index (Phi) is 10.6. The quantitative estimate of drug-likeness (QED) is 0.372. The summed E-state index contributed by atoms with van der Waals surface area (Å²) in [6.07, 6.45) is 7.59. The first kappa shape index (κ1) is 26.9. The molecule has 1 aliphatic rings. The number of rotatable bonds is 12. The molecule has 188 valence electrons. The number of thiophene rings is 1. The largest absolute Gasteiger partial charge is 0.755 e. The summed E-state index contributed by atoms with van der Waals surface area (Å²) in [7, 11) is 1.66. The minimum Gasteiger partial charge on any atom is -0.755 e. The molecule has 2 aromatic rings. The molecule has 1 amide bonds. The van der Waals surface area contributed by atoms with Crippen molar-refractivity contribution in [3.63, 3.8) is 0 Å². The van der Waals surface area contributed by atoms with E-state index in [1.165, 1.54) is 30.6 Å². The number of hydrogen-bond acceptors (Lipinski definition) is 5. The van der Waals surface area contributed by atoms with Gasteiger partial charge in [-0.25, -0.2) is 0 Å². The van der Waals surface area contributed by atoms with Gasteiger partial charge in [-0.2, -0.15) is 0 Å². The van der Waals surface area contributed by atoms with Crippen LogP contribution in [0.2, 0.25) is 0 Å². The highest BCUT2D eigenvalue weighted by molar-refractivity contribution is 7.80. The lowest BCUT2D eigenvalue weighted by molar-refractivity contribution is -0.133. The first-order valence-electron chi connectivity index (χ1n) is 12.2. The zero-order valence-corrected chi connectivity index (χ0v) is 22.1. The summed E-state index contributed by atoms with van der Waals surface area (Å²) in [4.78, 5) is 16.1. The van der Waals surface area contributed by atoms with Gasteiger partial charge < -0.3 is 18.9 Å². The molecule has 1 saturated carbocycles. The molecule has 1 heterocycles. The predicted molar refractivity (Wildman–Crippen MR) is 139 cm³/mol. The Balaban J connectivity index is 1.73. The van der Waals surface area contributed by atoms with E-state index in [-0.39, 0.29) is 5.91 Å². The van der Waals surface area contributed by atoms with E-state index < -0.39 is 11.3 Å². The fourth-order valence-corrected chi connectivity index (χ4v) is 6.36.